The van der Waals surface area contributed by atoms with Crippen LogP contribution < -0.4 is 5.32 Å². The molecule has 0 aromatic heterocycles. The highest BCUT2D eigenvalue weighted by molar-refractivity contribution is 5.82. The van der Waals surface area contributed by atoms with E-state index in [1.54, 1.807) is 0 Å². The Morgan fingerprint density at radius 2 is 2.11 bits per heavy atom. The molecule has 18 heavy (non-hydrogen) atoms. The molecule has 0 radical (unpaired) electrons. The first-order chi connectivity index (χ1) is 8.78. The van der Waals surface area contributed by atoms with Crippen molar-refractivity contribution >= 4 is 5.91 Å². The summed E-state index contributed by atoms with van der Waals surface area (Å²) in [6, 6.07) is 0.638. The Morgan fingerprint density at radius 3 is 2.83 bits per heavy atom. The molecule has 2 N–H and O–H groups in total. The van der Waals surface area contributed by atoms with E-state index in [0.29, 0.717) is 12.0 Å². The first-order valence-corrected chi connectivity index (χ1v) is 7.43. The molecule has 0 aromatic carbocycles. The summed E-state index contributed by atoms with van der Waals surface area (Å²) in [5, 5.41) is 12.7. The van der Waals surface area contributed by atoms with E-state index in [-0.39, 0.29) is 18.6 Å². The van der Waals surface area contributed by atoms with Crippen LogP contribution in [0.25, 0.3) is 0 Å². The highest BCUT2D eigenvalue weighted by Gasteiger charge is 2.40. The quantitative estimate of drug-likeness (QED) is 0.762. The zero-order valence-electron chi connectivity index (χ0n) is 11.0. The Balaban J connectivity index is 1.57. The van der Waals surface area contributed by atoms with E-state index in [2.05, 4.69) is 5.32 Å². The van der Waals surface area contributed by atoms with Crippen LogP contribution >= 0.6 is 0 Å². The van der Waals surface area contributed by atoms with Gasteiger partial charge in [0.05, 0.1) is 6.04 Å². The van der Waals surface area contributed by atoms with Crippen molar-refractivity contribution in [1.82, 2.24) is 10.2 Å². The lowest BCUT2D eigenvalue weighted by molar-refractivity contribution is -0.132. The van der Waals surface area contributed by atoms with Gasteiger partial charge in [0, 0.05) is 31.7 Å². The molecule has 0 bridgehead atoms. The number of aliphatic hydroxyl groups excluding tert-OH is 1. The van der Waals surface area contributed by atoms with Crippen molar-refractivity contribution in [1.29, 1.82) is 0 Å². The van der Waals surface area contributed by atoms with Crippen molar-refractivity contribution in [3.63, 3.8) is 0 Å². The number of fused-ring (bicyclic) bond motifs is 1. The fraction of sp³-hybridized carbons (Fsp3) is 0.929. The molecule has 2 saturated heterocycles. The second kappa shape index (κ2) is 5.17. The average Bonchev–Trinajstić information content (AvgIpc) is 3.04. The summed E-state index contributed by atoms with van der Waals surface area (Å²) in [7, 11) is 0. The third-order valence-electron chi connectivity index (χ3n) is 5.02. The van der Waals surface area contributed by atoms with Crippen LogP contribution in [0.3, 0.4) is 0 Å². The zero-order chi connectivity index (χ0) is 12.5. The van der Waals surface area contributed by atoms with Crippen LogP contribution in [-0.4, -0.2) is 47.7 Å². The number of amides is 1. The van der Waals surface area contributed by atoms with Crippen LogP contribution in [-0.2, 0) is 4.79 Å². The van der Waals surface area contributed by atoms with Crippen molar-refractivity contribution < 1.29 is 9.90 Å². The lowest BCUT2D eigenvalue weighted by Crippen LogP contribution is -2.44. The van der Waals surface area contributed by atoms with Gasteiger partial charge >= 0.3 is 0 Å². The molecular formula is C14H24N2O2. The Labute approximate surface area is 109 Å². The van der Waals surface area contributed by atoms with Crippen molar-refractivity contribution in [2.75, 3.05) is 19.7 Å². The Morgan fingerprint density at radius 1 is 1.28 bits per heavy atom. The van der Waals surface area contributed by atoms with Gasteiger partial charge in [-0.25, -0.2) is 0 Å². The van der Waals surface area contributed by atoms with Gasteiger partial charge in [-0.1, -0.05) is 12.8 Å². The van der Waals surface area contributed by atoms with Crippen LogP contribution in [0.5, 0.6) is 0 Å². The van der Waals surface area contributed by atoms with Gasteiger partial charge in [-0.3, -0.25) is 4.79 Å². The first kappa shape index (κ1) is 12.4. The topological polar surface area (TPSA) is 52.6 Å². The summed E-state index contributed by atoms with van der Waals surface area (Å²) in [5.41, 5.74) is 0. The minimum atomic E-state index is 0.0514. The lowest BCUT2D eigenvalue weighted by Gasteiger charge is -2.24. The molecule has 4 atom stereocenters. The third kappa shape index (κ3) is 2.28. The first-order valence-electron chi connectivity index (χ1n) is 7.43. The predicted molar refractivity (Wildman–Crippen MR) is 69.1 cm³/mol. The molecule has 2 aliphatic heterocycles. The van der Waals surface area contributed by atoms with Crippen LogP contribution in [0.4, 0.5) is 0 Å². The number of nitrogens with one attached hydrogen (secondary N) is 1. The number of likely N-dealkylation sites (tertiary alicyclic amines) is 1. The molecule has 1 aliphatic carbocycles. The number of carbonyl (C=O) groups excluding carboxylic acids is 1. The maximum Gasteiger partial charge on any atom is 0.239 e. The van der Waals surface area contributed by atoms with Crippen LogP contribution in [0.1, 0.15) is 38.5 Å². The SMILES string of the molecule is O=C(C1CC2CCCCC2N1)N1CCC(CO)C1. The van der Waals surface area contributed by atoms with E-state index in [0.717, 1.165) is 31.8 Å². The Bertz CT molecular complexity index is 307. The van der Waals surface area contributed by atoms with Gasteiger partial charge in [-0.15, -0.1) is 0 Å². The average molecular weight is 252 g/mol. The number of nitrogens with zero attached hydrogens (tertiary/aromatic N) is 1. The molecule has 102 valence electrons. The number of carbonyl (C=O) groups is 1. The number of rotatable bonds is 2. The smallest absolute Gasteiger partial charge is 0.239 e. The molecule has 4 unspecified atom stereocenters. The van der Waals surface area contributed by atoms with Gasteiger partial charge in [-0.2, -0.15) is 0 Å². The van der Waals surface area contributed by atoms with Crippen LogP contribution in [0, 0.1) is 11.8 Å². The van der Waals surface area contributed by atoms with E-state index in [4.69, 9.17) is 5.11 Å². The van der Waals surface area contributed by atoms with Gasteiger partial charge in [0.25, 0.3) is 0 Å². The van der Waals surface area contributed by atoms with Crippen molar-refractivity contribution in [3.05, 3.63) is 0 Å². The van der Waals surface area contributed by atoms with E-state index < -0.39 is 0 Å². The molecule has 0 aromatic rings. The van der Waals surface area contributed by atoms with Crippen molar-refractivity contribution in [2.24, 2.45) is 11.8 Å². The van der Waals surface area contributed by atoms with E-state index in [1.165, 1.54) is 25.7 Å². The molecule has 4 nitrogen and oxygen atoms in total. The molecule has 0 spiro atoms. The monoisotopic (exact) mass is 252 g/mol. The molecule has 3 rings (SSSR count). The highest BCUT2D eigenvalue weighted by Crippen LogP contribution is 2.34. The van der Waals surface area contributed by atoms with Gasteiger partial charge in [0.15, 0.2) is 0 Å². The molecule has 3 aliphatic rings. The molecular weight excluding hydrogens is 228 g/mol. The van der Waals surface area contributed by atoms with Gasteiger partial charge in [0.2, 0.25) is 5.91 Å². The fourth-order valence-corrected chi connectivity index (χ4v) is 3.91. The summed E-state index contributed by atoms with van der Waals surface area (Å²) >= 11 is 0. The molecule has 3 fully saturated rings. The Hall–Kier alpha value is -0.610. The van der Waals surface area contributed by atoms with Gasteiger partial charge in [-0.05, 0) is 31.6 Å². The fourth-order valence-electron chi connectivity index (χ4n) is 3.91. The minimum absolute atomic E-state index is 0.0514. The lowest BCUT2D eigenvalue weighted by atomic mass is 9.85. The van der Waals surface area contributed by atoms with Crippen molar-refractivity contribution in [3.8, 4) is 0 Å². The molecule has 4 heteroatoms. The number of hydrogen-bond donors (Lipinski definition) is 2. The van der Waals surface area contributed by atoms with Gasteiger partial charge < -0.3 is 15.3 Å². The largest absolute Gasteiger partial charge is 0.396 e. The summed E-state index contributed by atoms with van der Waals surface area (Å²) in [6.07, 6.45) is 7.17. The van der Waals surface area contributed by atoms with Gasteiger partial charge in [0.1, 0.15) is 0 Å². The maximum absolute atomic E-state index is 12.4. The number of aliphatic hydroxyl groups is 1. The normalized spacial score (nSPS) is 39.9. The molecule has 1 saturated carbocycles. The Kier molecular flexibility index (Phi) is 3.57. The van der Waals surface area contributed by atoms with E-state index in [1.807, 2.05) is 4.90 Å². The number of hydrogen-bond acceptors (Lipinski definition) is 3. The summed E-state index contributed by atoms with van der Waals surface area (Å²) in [6.45, 7) is 1.80. The zero-order valence-corrected chi connectivity index (χ0v) is 11.0. The maximum atomic E-state index is 12.4. The van der Waals surface area contributed by atoms with E-state index in [9.17, 15) is 4.79 Å². The standard InChI is InChI=1S/C14H24N2O2/c17-9-10-5-6-16(8-10)14(18)13-7-11-3-1-2-4-12(11)15-13/h10-13,15,17H,1-9H2. The summed E-state index contributed by atoms with van der Waals surface area (Å²) in [5.74, 6) is 1.31. The second-order valence-electron chi connectivity index (χ2n) is 6.23. The highest BCUT2D eigenvalue weighted by atomic mass is 16.3. The summed E-state index contributed by atoms with van der Waals surface area (Å²) < 4.78 is 0. The molecule has 2 heterocycles. The molecule has 1 amide bonds. The third-order valence-corrected chi connectivity index (χ3v) is 5.02. The predicted octanol–water partition coefficient (Wildman–Crippen LogP) is 0.748. The van der Waals surface area contributed by atoms with Crippen molar-refractivity contribution in [2.45, 2.75) is 50.6 Å². The minimum Gasteiger partial charge on any atom is -0.396 e. The van der Waals surface area contributed by atoms with E-state index >= 15 is 0 Å². The summed E-state index contributed by atoms with van der Waals surface area (Å²) in [4.78, 5) is 14.4. The van der Waals surface area contributed by atoms with Crippen LogP contribution in [0.15, 0.2) is 0 Å². The van der Waals surface area contributed by atoms with Crippen LogP contribution in [0.2, 0.25) is 0 Å². The second-order valence-corrected chi connectivity index (χ2v) is 6.23.